The third-order valence-electron chi connectivity index (χ3n) is 5.18. The molecule has 0 unspecified atom stereocenters. The maximum Gasteiger partial charge on any atom is 0.286 e. The van der Waals surface area contributed by atoms with Gasteiger partial charge in [0.05, 0.1) is 6.26 Å². The second-order valence-corrected chi connectivity index (χ2v) is 7.54. The summed E-state index contributed by atoms with van der Waals surface area (Å²) >= 11 is 0. The van der Waals surface area contributed by atoms with Crippen molar-refractivity contribution in [3.63, 3.8) is 0 Å². The average Bonchev–Trinajstić information content (AvgIpc) is 3.24. The first-order valence-corrected chi connectivity index (χ1v) is 9.99. The first-order valence-electron chi connectivity index (χ1n) is 9.99. The Morgan fingerprint density at radius 2 is 1.79 bits per heavy atom. The quantitative estimate of drug-likeness (QED) is 0.735. The molecule has 0 radical (unpaired) electrons. The molecule has 2 amide bonds. The summed E-state index contributed by atoms with van der Waals surface area (Å²) in [4.78, 5) is 26.2. The van der Waals surface area contributed by atoms with E-state index in [4.69, 9.17) is 4.42 Å². The zero-order valence-electron chi connectivity index (χ0n) is 16.4. The van der Waals surface area contributed by atoms with Crippen molar-refractivity contribution in [1.82, 2.24) is 15.5 Å². The Morgan fingerprint density at radius 1 is 1.07 bits per heavy atom. The SMILES string of the molecule is CC1CCN(Cc2ccc(CNC(=O)CCNC(=O)c3ccco3)cc2)CC1. The van der Waals surface area contributed by atoms with Crippen LogP contribution in [0.2, 0.25) is 0 Å². The molecule has 28 heavy (non-hydrogen) atoms. The lowest BCUT2D eigenvalue weighted by molar-refractivity contribution is -0.121. The fourth-order valence-corrected chi connectivity index (χ4v) is 3.31. The maximum atomic E-state index is 11.9. The van der Waals surface area contributed by atoms with E-state index in [1.165, 1.54) is 37.8 Å². The van der Waals surface area contributed by atoms with Crippen LogP contribution < -0.4 is 10.6 Å². The molecule has 2 aromatic rings. The van der Waals surface area contributed by atoms with E-state index in [2.05, 4.69) is 46.7 Å². The van der Waals surface area contributed by atoms with E-state index in [0.717, 1.165) is 18.0 Å². The van der Waals surface area contributed by atoms with Crippen molar-refractivity contribution in [3.8, 4) is 0 Å². The third kappa shape index (κ3) is 6.23. The zero-order chi connectivity index (χ0) is 19.8. The van der Waals surface area contributed by atoms with Crippen LogP contribution in [0, 0.1) is 5.92 Å². The highest BCUT2D eigenvalue weighted by molar-refractivity contribution is 5.91. The number of hydrogen-bond donors (Lipinski definition) is 2. The van der Waals surface area contributed by atoms with Gasteiger partial charge in [-0.25, -0.2) is 0 Å². The number of piperidine rings is 1. The fraction of sp³-hybridized carbons (Fsp3) is 0.455. The van der Waals surface area contributed by atoms with E-state index in [-0.39, 0.29) is 30.5 Å². The lowest BCUT2D eigenvalue weighted by Gasteiger charge is -2.30. The second-order valence-electron chi connectivity index (χ2n) is 7.54. The van der Waals surface area contributed by atoms with Crippen LogP contribution >= 0.6 is 0 Å². The van der Waals surface area contributed by atoms with Gasteiger partial charge >= 0.3 is 0 Å². The van der Waals surface area contributed by atoms with Crippen molar-refractivity contribution >= 4 is 11.8 Å². The van der Waals surface area contributed by atoms with Crippen molar-refractivity contribution in [2.45, 2.75) is 39.3 Å². The molecule has 150 valence electrons. The number of carbonyl (C=O) groups is 2. The van der Waals surface area contributed by atoms with Crippen molar-refractivity contribution in [2.75, 3.05) is 19.6 Å². The average molecular weight is 383 g/mol. The van der Waals surface area contributed by atoms with E-state index in [9.17, 15) is 9.59 Å². The Bertz CT molecular complexity index is 748. The highest BCUT2D eigenvalue weighted by Crippen LogP contribution is 2.18. The molecule has 1 aromatic heterocycles. The van der Waals surface area contributed by atoms with Crippen molar-refractivity contribution in [3.05, 3.63) is 59.5 Å². The van der Waals surface area contributed by atoms with Gasteiger partial charge in [-0.05, 0) is 55.1 Å². The van der Waals surface area contributed by atoms with Gasteiger partial charge in [-0.15, -0.1) is 0 Å². The summed E-state index contributed by atoms with van der Waals surface area (Å²) in [6.45, 7) is 6.44. The van der Waals surface area contributed by atoms with Gasteiger partial charge in [-0.1, -0.05) is 31.2 Å². The molecule has 0 spiro atoms. The highest BCUT2D eigenvalue weighted by atomic mass is 16.3. The summed E-state index contributed by atoms with van der Waals surface area (Å²) in [5, 5.41) is 5.55. The van der Waals surface area contributed by atoms with Crippen LogP contribution in [-0.2, 0) is 17.9 Å². The first kappa shape index (κ1) is 20.1. The molecule has 2 heterocycles. The molecule has 0 aliphatic carbocycles. The number of carbonyl (C=O) groups excluding carboxylic acids is 2. The monoisotopic (exact) mass is 383 g/mol. The molecule has 0 saturated carbocycles. The molecular formula is C22H29N3O3. The normalized spacial score (nSPS) is 15.3. The van der Waals surface area contributed by atoms with Crippen LogP contribution in [0.3, 0.4) is 0 Å². The van der Waals surface area contributed by atoms with E-state index in [1.54, 1.807) is 12.1 Å². The van der Waals surface area contributed by atoms with Gasteiger partial charge in [0, 0.05) is 26.1 Å². The van der Waals surface area contributed by atoms with Gasteiger partial charge in [-0.2, -0.15) is 0 Å². The molecule has 1 aromatic carbocycles. The highest BCUT2D eigenvalue weighted by Gasteiger charge is 2.15. The van der Waals surface area contributed by atoms with Crippen molar-refractivity contribution in [1.29, 1.82) is 0 Å². The summed E-state index contributed by atoms with van der Waals surface area (Å²) in [6, 6.07) is 11.7. The molecule has 1 aliphatic heterocycles. The lowest BCUT2D eigenvalue weighted by atomic mass is 9.99. The lowest BCUT2D eigenvalue weighted by Crippen LogP contribution is -2.32. The molecule has 3 rings (SSSR count). The van der Waals surface area contributed by atoms with Crippen LogP contribution in [0.15, 0.2) is 47.1 Å². The number of rotatable bonds is 8. The number of likely N-dealkylation sites (tertiary alicyclic amines) is 1. The minimum absolute atomic E-state index is 0.0914. The standard InChI is InChI=1S/C22H29N3O3/c1-17-9-12-25(13-10-17)16-19-6-4-18(5-7-19)15-24-21(26)8-11-23-22(27)20-3-2-14-28-20/h2-7,14,17H,8-13,15-16H2,1H3,(H,23,27)(H,24,26). The van der Waals surface area contributed by atoms with E-state index >= 15 is 0 Å². The summed E-state index contributed by atoms with van der Waals surface area (Å²) in [5.41, 5.74) is 2.38. The zero-order valence-corrected chi connectivity index (χ0v) is 16.4. The number of furan rings is 1. The minimum Gasteiger partial charge on any atom is -0.459 e. The molecular weight excluding hydrogens is 354 g/mol. The maximum absolute atomic E-state index is 11.9. The predicted molar refractivity (Wildman–Crippen MR) is 108 cm³/mol. The van der Waals surface area contributed by atoms with Crippen molar-refractivity contribution < 1.29 is 14.0 Å². The molecule has 1 aliphatic rings. The number of amides is 2. The second kappa shape index (κ2) is 10.1. The van der Waals surface area contributed by atoms with Gasteiger partial charge in [0.2, 0.25) is 5.91 Å². The van der Waals surface area contributed by atoms with Gasteiger partial charge in [0.25, 0.3) is 5.91 Å². The Labute approximate surface area is 166 Å². The van der Waals surface area contributed by atoms with Gasteiger partial charge in [0.1, 0.15) is 0 Å². The molecule has 1 saturated heterocycles. The molecule has 2 N–H and O–H groups in total. The largest absolute Gasteiger partial charge is 0.459 e. The molecule has 1 fully saturated rings. The topological polar surface area (TPSA) is 74.6 Å². The summed E-state index contributed by atoms with van der Waals surface area (Å²) in [6.07, 6.45) is 4.25. The van der Waals surface area contributed by atoms with Crippen LogP contribution in [0.1, 0.15) is 47.9 Å². The first-order chi connectivity index (χ1) is 13.6. The Balaban J connectivity index is 1.34. The Kier molecular flexibility index (Phi) is 7.25. The van der Waals surface area contributed by atoms with E-state index < -0.39 is 0 Å². The minimum atomic E-state index is -0.309. The molecule has 6 nitrogen and oxygen atoms in total. The summed E-state index contributed by atoms with van der Waals surface area (Å²) < 4.78 is 5.00. The van der Waals surface area contributed by atoms with Gasteiger partial charge in [-0.3, -0.25) is 14.5 Å². The molecule has 0 atom stereocenters. The number of nitrogens with zero attached hydrogens (tertiary/aromatic N) is 1. The van der Waals surface area contributed by atoms with Crippen LogP contribution in [-0.4, -0.2) is 36.3 Å². The fourth-order valence-electron chi connectivity index (χ4n) is 3.31. The van der Waals surface area contributed by atoms with E-state index in [1.807, 2.05) is 0 Å². The van der Waals surface area contributed by atoms with Crippen LogP contribution in [0.25, 0.3) is 0 Å². The van der Waals surface area contributed by atoms with Crippen LogP contribution in [0.4, 0.5) is 0 Å². The number of benzene rings is 1. The predicted octanol–water partition coefficient (Wildman–Crippen LogP) is 2.95. The molecule has 6 heteroatoms. The smallest absolute Gasteiger partial charge is 0.286 e. The van der Waals surface area contributed by atoms with Gasteiger partial charge in [0.15, 0.2) is 5.76 Å². The van der Waals surface area contributed by atoms with E-state index in [0.29, 0.717) is 6.54 Å². The van der Waals surface area contributed by atoms with Gasteiger partial charge < -0.3 is 15.1 Å². The summed E-state index contributed by atoms with van der Waals surface area (Å²) in [5.74, 6) is 0.697. The Morgan fingerprint density at radius 3 is 2.46 bits per heavy atom. The summed E-state index contributed by atoms with van der Waals surface area (Å²) in [7, 11) is 0. The third-order valence-corrected chi connectivity index (χ3v) is 5.18. The number of hydrogen-bond acceptors (Lipinski definition) is 4. The number of nitrogens with one attached hydrogen (secondary N) is 2. The Hall–Kier alpha value is -2.60. The van der Waals surface area contributed by atoms with Crippen molar-refractivity contribution in [2.24, 2.45) is 5.92 Å². The molecule has 0 bridgehead atoms. The van der Waals surface area contributed by atoms with Crippen LogP contribution in [0.5, 0.6) is 0 Å².